The maximum atomic E-state index is 13.4. The first kappa shape index (κ1) is 16.1. The van der Waals surface area contributed by atoms with Crippen LogP contribution in [0.5, 0.6) is 0 Å². The van der Waals surface area contributed by atoms with E-state index in [1.54, 1.807) is 26.5 Å². The van der Waals surface area contributed by atoms with Crippen molar-refractivity contribution in [3.8, 4) is 17.2 Å². The molecule has 0 aromatic carbocycles. The Morgan fingerprint density at radius 2 is 2.07 bits per heavy atom. The molecule has 136 valence electrons. The highest BCUT2D eigenvalue weighted by Gasteiger charge is 2.61. The zero-order valence-corrected chi connectivity index (χ0v) is 15.3. The monoisotopic (exact) mass is 360 g/mol. The van der Waals surface area contributed by atoms with E-state index in [1.807, 2.05) is 38.5 Å². The first-order chi connectivity index (χ1) is 13.0. The molecule has 2 fully saturated rings. The van der Waals surface area contributed by atoms with E-state index >= 15 is 0 Å². The number of carbonyl (C=O) groups excluding carboxylic acids is 1. The second-order valence-corrected chi connectivity index (χ2v) is 7.75. The second-order valence-electron chi connectivity index (χ2n) is 7.75. The lowest BCUT2D eigenvalue weighted by atomic mass is 9.75. The van der Waals surface area contributed by atoms with Gasteiger partial charge in [-0.3, -0.25) is 9.48 Å². The molecule has 7 nitrogen and oxygen atoms in total. The number of hydrogen-bond donors (Lipinski definition) is 0. The minimum Gasteiger partial charge on any atom is -0.309 e. The van der Waals surface area contributed by atoms with Crippen LogP contribution in [0.2, 0.25) is 0 Å². The Morgan fingerprint density at radius 3 is 2.74 bits per heavy atom. The molecule has 5 rings (SSSR count). The average molecular weight is 360 g/mol. The van der Waals surface area contributed by atoms with Crippen LogP contribution in [0.4, 0.5) is 5.69 Å². The van der Waals surface area contributed by atoms with Crippen molar-refractivity contribution in [3.05, 3.63) is 36.9 Å². The van der Waals surface area contributed by atoms with Gasteiger partial charge in [-0.15, -0.1) is 0 Å². The van der Waals surface area contributed by atoms with Crippen LogP contribution < -0.4 is 4.90 Å². The number of aromatic nitrogens is 4. The van der Waals surface area contributed by atoms with Gasteiger partial charge in [0, 0.05) is 43.0 Å². The molecule has 0 radical (unpaired) electrons. The van der Waals surface area contributed by atoms with Crippen molar-refractivity contribution in [3.63, 3.8) is 0 Å². The molecule has 3 aromatic heterocycles. The Balaban J connectivity index is 1.66. The normalized spacial score (nSPS) is 25.3. The Kier molecular flexibility index (Phi) is 3.23. The summed E-state index contributed by atoms with van der Waals surface area (Å²) in [5.74, 6) is 0.136. The molecule has 1 aliphatic carbocycles. The van der Waals surface area contributed by atoms with E-state index in [2.05, 4.69) is 16.3 Å². The molecule has 2 aliphatic rings. The Hall–Kier alpha value is -3.14. The van der Waals surface area contributed by atoms with Gasteiger partial charge in [0.2, 0.25) is 5.91 Å². The third kappa shape index (κ3) is 2.16. The topological polar surface area (TPSA) is 79.2 Å². The maximum Gasteiger partial charge on any atom is 0.248 e. The first-order valence-electron chi connectivity index (χ1n) is 9.24. The number of hydrogen-bond acceptors (Lipinski definition) is 4. The van der Waals surface area contributed by atoms with E-state index in [1.165, 1.54) is 0 Å². The second kappa shape index (κ2) is 5.43. The third-order valence-electron chi connectivity index (χ3n) is 6.05. The van der Waals surface area contributed by atoms with Crippen molar-refractivity contribution in [2.24, 2.45) is 24.3 Å². The van der Waals surface area contributed by atoms with Gasteiger partial charge in [-0.1, -0.05) is 6.92 Å². The van der Waals surface area contributed by atoms with Crippen LogP contribution in [-0.2, 0) is 11.8 Å². The van der Waals surface area contributed by atoms with Crippen molar-refractivity contribution >= 4 is 17.1 Å². The number of nitriles is 1. The van der Waals surface area contributed by atoms with Gasteiger partial charge >= 0.3 is 0 Å². The van der Waals surface area contributed by atoms with Crippen LogP contribution in [0.1, 0.15) is 19.8 Å². The van der Waals surface area contributed by atoms with Gasteiger partial charge in [-0.05, 0) is 30.9 Å². The van der Waals surface area contributed by atoms with Crippen molar-refractivity contribution in [2.45, 2.75) is 19.8 Å². The van der Waals surface area contributed by atoms with Crippen molar-refractivity contribution in [1.29, 1.82) is 5.26 Å². The van der Waals surface area contributed by atoms with Crippen LogP contribution in [-0.4, -0.2) is 31.8 Å². The summed E-state index contributed by atoms with van der Waals surface area (Å²) in [6.45, 7) is 2.58. The van der Waals surface area contributed by atoms with E-state index in [0.717, 1.165) is 35.2 Å². The molecule has 7 heteroatoms. The largest absolute Gasteiger partial charge is 0.309 e. The summed E-state index contributed by atoms with van der Waals surface area (Å²) >= 11 is 0. The number of fused-ring (bicyclic) bond motifs is 1. The molecule has 2 atom stereocenters. The van der Waals surface area contributed by atoms with Crippen molar-refractivity contribution in [2.75, 3.05) is 11.4 Å². The van der Waals surface area contributed by atoms with Gasteiger partial charge in [0.15, 0.2) is 0 Å². The third-order valence-corrected chi connectivity index (χ3v) is 6.05. The van der Waals surface area contributed by atoms with Gasteiger partial charge in [0.05, 0.1) is 29.7 Å². The van der Waals surface area contributed by atoms with E-state index in [0.29, 0.717) is 6.54 Å². The van der Waals surface area contributed by atoms with Gasteiger partial charge in [0.1, 0.15) is 5.41 Å². The minimum absolute atomic E-state index is 0.00696. The van der Waals surface area contributed by atoms with Crippen molar-refractivity contribution < 1.29 is 4.79 Å². The molecule has 0 unspecified atom stereocenters. The summed E-state index contributed by atoms with van der Waals surface area (Å²) in [4.78, 5) is 15.2. The molecule has 3 aromatic rings. The number of pyridine rings is 1. The molecule has 0 bridgehead atoms. The quantitative estimate of drug-likeness (QED) is 0.719. The molecule has 0 N–H and O–H groups in total. The van der Waals surface area contributed by atoms with Gasteiger partial charge in [-0.2, -0.15) is 15.5 Å². The maximum absolute atomic E-state index is 13.4. The van der Waals surface area contributed by atoms with Gasteiger partial charge in [0.25, 0.3) is 0 Å². The minimum atomic E-state index is -0.888. The zero-order chi connectivity index (χ0) is 18.8. The van der Waals surface area contributed by atoms with E-state index in [4.69, 9.17) is 0 Å². The molecule has 1 amide bonds. The Bertz CT molecular complexity index is 1100. The molecule has 0 spiro atoms. The summed E-state index contributed by atoms with van der Waals surface area (Å²) in [6, 6.07) is 6.32. The lowest BCUT2D eigenvalue weighted by Gasteiger charge is -2.23. The molecule has 4 heterocycles. The van der Waals surface area contributed by atoms with Crippen LogP contribution in [0.15, 0.2) is 36.9 Å². The fourth-order valence-corrected chi connectivity index (χ4v) is 4.46. The SMILES string of the molecule is C[C@@H]1CN(c2cc(-c3cnn(C)c3)cn3nccc23)C(=O)[C@]1(C#N)C1CC1. The Morgan fingerprint density at radius 1 is 1.26 bits per heavy atom. The molecule has 1 saturated carbocycles. The van der Waals surface area contributed by atoms with Gasteiger partial charge < -0.3 is 4.90 Å². The first-order valence-corrected chi connectivity index (χ1v) is 9.24. The van der Waals surface area contributed by atoms with Crippen LogP contribution >= 0.6 is 0 Å². The summed E-state index contributed by atoms with van der Waals surface area (Å²) in [6.07, 6.45) is 9.34. The number of carbonyl (C=O) groups is 1. The van der Waals surface area contributed by atoms with Crippen molar-refractivity contribution in [1.82, 2.24) is 19.4 Å². The number of aryl methyl sites for hydroxylation is 1. The van der Waals surface area contributed by atoms with Crippen LogP contribution in [0.3, 0.4) is 0 Å². The van der Waals surface area contributed by atoms with Crippen LogP contribution in [0, 0.1) is 28.6 Å². The predicted octanol–water partition coefficient (Wildman–Crippen LogP) is 2.64. The standard InChI is InChI=1S/C20H20N6O/c1-13-9-25(19(27)20(13,12-21)16-3-4-16)18-7-14(15-8-23-24(2)10-15)11-26-17(18)5-6-22-26/h5-8,10-11,13,16H,3-4,9H2,1-2H3/t13-,20+/m1/s1. The number of rotatable bonds is 3. The molecule has 27 heavy (non-hydrogen) atoms. The highest BCUT2D eigenvalue weighted by Crippen LogP contribution is 2.54. The number of nitrogens with zero attached hydrogens (tertiary/aromatic N) is 6. The number of anilines is 1. The summed E-state index contributed by atoms with van der Waals surface area (Å²) in [5.41, 5.74) is 2.69. The fraction of sp³-hybridized carbons (Fsp3) is 0.400. The van der Waals surface area contributed by atoms with E-state index < -0.39 is 5.41 Å². The lowest BCUT2D eigenvalue weighted by molar-refractivity contribution is -0.124. The number of amides is 1. The predicted molar refractivity (Wildman–Crippen MR) is 99.7 cm³/mol. The average Bonchev–Trinajstić information content (AvgIpc) is 3.12. The zero-order valence-electron chi connectivity index (χ0n) is 15.3. The summed E-state index contributed by atoms with van der Waals surface area (Å²) < 4.78 is 3.54. The summed E-state index contributed by atoms with van der Waals surface area (Å²) in [5, 5.41) is 18.5. The smallest absolute Gasteiger partial charge is 0.248 e. The molecular formula is C20H20N6O. The Labute approximate surface area is 156 Å². The molecule has 1 saturated heterocycles. The van der Waals surface area contributed by atoms with Crippen LogP contribution in [0.25, 0.3) is 16.6 Å². The summed E-state index contributed by atoms with van der Waals surface area (Å²) in [7, 11) is 1.87. The van der Waals surface area contributed by atoms with Gasteiger partial charge in [-0.25, -0.2) is 4.52 Å². The highest BCUT2D eigenvalue weighted by molar-refractivity contribution is 6.05. The molecule has 1 aliphatic heterocycles. The lowest BCUT2D eigenvalue weighted by Crippen LogP contribution is -2.37. The van der Waals surface area contributed by atoms with E-state index in [-0.39, 0.29) is 17.7 Å². The molecular weight excluding hydrogens is 340 g/mol. The van der Waals surface area contributed by atoms with E-state index in [9.17, 15) is 10.1 Å². The highest BCUT2D eigenvalue weighted by atomic mass is 16.2. The fourth-order valence-electron chi connectivity index (χ4n) is 4.46.